The van der Waals surface area contributed by atoms with Crippen molar-refractivity contribution in [3.63, 3.8) is 0 Å². The van der Waals surface area contributed by atoms with Gasteiger partial charge in [-0.1, -0.05) is 0 Å². The fraction of sp³-hybridized carbons (Fsp3) is 0.640. The SMILES string of the molecule is CN(CC(=O)N1CCN(C(=O)C23CC4CC(CC(C4)C2)C3)CC1)S(=O)(=O)c1ccc(C#N)cc1. The van der Waals surface area contributed by atoms with Crippen LogP contribution >= 0.6 is 0 Å². The van der Waals surface area contributed by atoms with Gasteiger partial charge in [0.05, 0.1) is 28.5 Å². The molecule has 4 aliphatic carbocycles. The Morgan fingerprint density at radius 2 is 1.47 bits per heavy atom. The number of carbonyl (C=O) groups is 2. The summed E-state index contributed by atoms with van der Waals surface area (Å²) in [6.45, 7) is 1.63. The molecule has 1 aliphatic heterocycles. The van der Waals surface area contributed by atoms with Crippen LogP contribution in [0.3, 0.4) is 0 Å². The Balaban J connectivity index is 1.17. The topological polar surface area (TPSA) is 102 Å². The van der Waals surface area contributed by atoms with Crippen molar-refractivity contribution in [1.82, 2.24) is 14.1 Å². The maximum absolute atomic E-state index is 13.6. The van der Waals surface area contributed by atoms with Gasteiger partial charge in [-0.3, -0.25) is 9.59 Å². The molecule has 0 unspecified atom stereocenters. The number of nitrogens with zero attached hydrogens (tertiary/aromatic N) is 4. The molecule has 5 fully saturated rings. The highest BCUT2D eigenvalue weighted by atomic mass is 32.2. The van der Waals surface area contributed by atoms with Gasteiger partial charge >= 0.3 is 0 Å². The molecule has 0 radical (unpaired) electrons. The van der Waals surface area contributed by atoms with E-state index in [0.717, 1.165) is 23.6 Å². The minimum atomic E-state index is -3.84. The summed E-state index contributed by atoms with van der Waals surface area (Å²) < 4.78 is 26.7. The number of carbonyl (C=O) groups excluding carboxylic acids is 2. The zero-order valence-electron chi connectivity index (χ0n) is 19.6. The van der Waals surface area contributed by atoms with Gasteiger partial charge in [-0.05, 0) is 80.5 Å². The molecule has 8 nitrogen and oxygen atoms in total. The lowest BCUT2D eigenvalue weighted by atomic mass is 9.49. The van der Waals surface area contributed by atoms with Crippen LogP contribution in [0.2, 0.25) is 0 Å². The summed E-state index contributed by atoms with van der Waals surface area (Å²) in [6.07, 6.45) is 7.01. The van der Waals surface area contributed by atoms with E-state index in [0.29, 0.717) is 55.4 Å². The Labute approximate surface area is 201 Å². The lowest BCUT2D eigenvalue weighted by Crippen LogP contribution is -2.59. The van der Waals surface area contributed by atoms with Crippen LogP contribution in [0.4, 0.5) is 0 Å². The quantitative estimate of drug-likeness (QED) is 0.637. The van der Waals surface area contributed by atoms with Gasteiger partial charge in [-0.15, -0.1) is 0 Å². The number of hydrogen-bond acceptors (Lipinski definition) is 5. The fourth-order valence-electron chi connectivity index (χ4n) is 7.12. The molecule has 0 aromatic heterocycles. The van der Waals surface area contributed by atoms with E-state index in [1.165, 1.54) is 50.6 Å². The molecule has 4 saturated carbocycles. The van der Waals surface area contributed by atoms with Crippen molar-refractivity contribution in [2.24, 2.45) is 23.2 Å². The molecule has 34 heavy (non-hydrogen) atoms. The monoisotopic (exact) mass is 484 g/mol. The van der Waals surface area contributed by atoms with Crippen molar-refractivity contribution < 1.29 is 18.0 Å². The molecule has 182 valence electrons. The Bertz CT molecular complexity index is 1080. The molecular formula is C25H32N4O4S. The molecular weight excluding hydrogens is 452 g/mol. The molecule has 2 amide bonds. The van der Waals surface area contributed by atoms with Gasteiger partial charge < -0.3 is 9.80 Å². The number of hydrogen-bond donors (Lipinski definition) is 0. The minimum Gasteiger partial charge on any atom is -0.339 e. The standard InChI is InChI=1S/C25H32N4O4S/c1-27(34(32,33)22-4-2-18(16-26)3-5-22)17-23(30)28-6-8-29(9-7-28)24(31)25-13-19-10-20(14-25)12-21(11-19)15-25/h2-5,19-21H,6-15,17H2,1H3. The van der Waals surface area contributed by atoms with Crippen LogP contribution in [0.1, 0.15) is 44.1 Å². The molecule has 0 atom stereocenters. The highest BCUT2D eigenvalue weighted by Gasteiger charge is 2.55. The second-order valence-corrected chi connectivity index (χ2v) is 12.8. The number of nitriles is 1. The van der Waals surface area contributed by atoms with Crippen molar-refractivity contribution in [2.75, 3.05) is 39.8 Å². The summed E-state index contributed by atoms with van der Waals surface area (Å²) in [5.74, 6) is 2.17. The first-order chi connectivity index (χ1) is 16.2. The van der Waals surface area contributed by atoms with Crippen molar-refractivity contribution in [1.29, 1.82) is 5.26 Å². The molecule has 1 saturated heterocycles. The number of rotatable bonds is 5. The number of benzene rings is 1. The van der Waals surface area contributed by atoms with Gasteiger partial charge in [-0.25, -0.2) is 8.42 Å². The summed E-state index contributed by atoms with van der Waals surface area (Å²) in [6, 6.07) is 7.61. The van der Waals surface area contributed by atoms with Crippen molar-refractivity contribution in [2.45, 2.75) is 43.4 Å². The van der Waals surface area contributed by atoms with E-state index in [4.69, 9.17) is 5.26 Å². The highest BCUT2D eigenvalue weighted by Crippen LogP contribution is 2.60. The molecule has 0 N–H and O–H groups in total. The third-order valence-corrected chi connectivity index (χ3v) is 10.3. The average Bonchev–Trinajstić information content (AvgIpc) is 2.82. The number of likely N-dealkylation sites (N-methyl/N-ethyl adjacent to an activating group) is 1. The van der Waals surface area contributed by atoms with Crippen LogP contribution in [0.25, 0.3) is 0 Å². The summed E-state index contributed by atoms with van der Waals surface area (Å²) in [4.78, 5) is 30.1. The molecule has 6 rings (SSSR count). The van der Waals surface area contributed by atoms with E-state index in [1.54, 1.807) is 4.90 Å². The number of piperazine rings is 1. The second kappa shape index (κ2) is 8.65. The molecule has 9 heteroatoms. The minimum absolute atomic E-state index is 0.0489. The first-order valence-electron chi connectivity index (χ1n) is 12.2. The van der Waals surface area contributed by atoms with Gasteiger partial charge in [0, 0.05) is 33.2 Å². The molecule has 1 aromatic rings. The zero-order valence-corrected chi connectivity index (χ0v) is 20.5. The maximum atomic E-state index is 13.6. The van der Waals surface area contributed by atoms with Crippen molar-refractivity contribution >= 4 is 21.8 Å². The number of amides is 2. The van der Waals surface area contributed by atoms with E-state index in [9.17, 15) is 18.0 Å². The molecule has 1 aromatic carbocycles. The predicted molar refractivity (Wildman–Crippen MR) is 125 cm³/mol. The van der Waals surface area contributed by atoms with Crippen LogP contribution in [0, 0.1) is 34.5 Å². The third-order valence-electron chi connectivity index (χ3n) is 8.46. The maximum Gasteiger partial charge on any atom is 0.243 e. The lowest BCUT2D eigenvalue weighted by molar-refractivity contribution is -0.160. The smallest absolute Gasteiger partial charge is 0.243 e. The van der Waals surface area contributed by atoms with E-state index < -0.39 is 10.0 Å². The van der Waals surface area contributed by atoms with E-state index >= 15 is 0 Å². The first kappa shape index (κ1) is 23.3. The normalized spacial score (nSPS) is 30.4. The molecule has 0 spiro atoms. The second-order valence-electron chi connectivity index (χ2n) is 10.8. The van der Waals surface area contributed by atoms with E-state index in [1.807, 2.05) is 11.0 Å². The summed E-state index contributed by atoms with van der Waals surface area (Å²) >= 11 is 0. The van der Waals surface area contributed by atoms with Crippen molar-refractivity contribution in [3.05, 3.63) is 29.8 Å². The third kappa shape index (κ3) is 4.11. The van der Waals surface area contributed by atoms with Gasteiger partial charge in [0.15, 0.2) is 0 Å². The van der Waals surface area contributed by atoms with Crippen LogP contribution in [0.15, 0.2) is 29.2 Å². The van der Waals surface area contributed by atoms with Crippen LogP contribution in [-0.4, -0.2) is 74.1 Å². The zero-order chi connectivity index (χ0) is 24.1. The largest absolute Gasteiger partial charge is 0.339 e. The van der Waals surface area contributed by atoms with Crippen molar-refractivity contribution in [3.8, 4) is 6.07 Å². The molecule has 4 bridgehead atoms. The highest BCUT2D eigenvalue weighted by molar-refractivity contribution is 7.89. The predicted octanol–water partition coefficient (Wildman–Crippen LogP) is 2.07. The Morgan fingerprint density at radius 3 is 1.97 bits per heavy atom. The van der Waals surface area contributed by atoms with Crippen LogP contribution in [-0.2, 0) is 19.6 Å². The van der Waals surface area contributed by atoms with Gasteiger partial charge in [0.25, 0.3) is 0 Å². The fourth-order valence-corrected chi connectivity index (χ4v) is 8.24. The first-order valence-corrected chi connectivity index (χ1v) is 13.7. The van der Waals surface area contributed by atoms with E-state index in [-0.39, 0.29) is 22.8 Å². The number of sulfonamides is 1. The van der Waals surface area contributed by atoms with Gasteiger partial charge in [0.1, 0.15) is 0 Å². The molecule has 1 heterocycles. The lowest BCUT2D eigenvalue weighted by Gasteiger charge is -2.57. The summed E-state index contributed by atoms with van der Waals surface area (Å²) in [5.41, 5.74) is 0.203. The van der Waals surface area contributed by atoms with Gasteiger partial charge in [0.2, 0.25) is 21.8 Å². The Hall–Kier alpha value is -2.44. The average molecular weight is 485 g/mol. The Kier molecular flexibility index (Phi) is 5.93. The molecule has 5 aliphatic rings. The Morgan fingerprint density at radius 1 is 0.971 bits per heavy atom. The summed E-state index contributed by atoms with van der Waals surface area (Å²) in [5, 5.41) is 8.90. The van der Waals surface area contributed by atoms with Crippen LogP contribution < -0.4 is 0 Å². The van der Waals surface area contributed by atoms with Gasteiger partial charge in [-0.2, -0.15) is 9.57 Å². The van der Waals surface area contributed by atoms with Crippen LogP contribution in [0.5, 0.6) is 0 Å². The summed E-state index contributed by atoms with van der Waals surface area (Å²) in [7, 11) is -2.45. The van der Waals surface area contributed by atoms with E-state index in [2.05, 4.69) is 0 Å².